The fourth-order valence-electron chi connectivity index (χ4n) is 3.29. The molecule has 0 radical (unpaired) electrons. The first-order chi connectivity index (χ1) is 13.6. The predicted octanol–water partition coefficient (Wildman–Crippen LogP) is 6.98. The Labute approximate surface area is 171 Å². The van der Waals surface area contributed by atoms with E-state index in [1.165, 1.54) is 44.9 Å². The Bertz CT molecular complexity index is 752. The molecule has 154 valence electrons. The van der Waals surface area contributed by atoms with E-state index in [1.54, 1.807) is 12.1 Å². The summed E-state index contributed by atoms with van der Waals surface area (Å²) in [6, 6.07) is 17.2. The van der Waals surface area contributed by atoms with Crippen LogP contribution in [0.3, 0.4) is 0 Å². The van der Waals surface area contributed by atoms with E-state index >= 15 is 0 Å². The zero-order valence-electron chi connectivity index (χ0n) is 17.1. The normalized spacial score (nSPS) is 11.5. The molecule has 0 heterocycles. The van der Waals surface area contributed by atoms with Crippen LogP contribution in [0.15, 0.2) is 54.6 Å². The zero-order valence-corrected chi connectivity index (χ0v) is 17.9. The van der Waals surface area contributed by atoms with Crippen LogP contribution in [0.1, 0.15) is 71.1 Å². The van der Waals surface area contributed by atoms with Gasteiger partial charge in [0.1, 0.15) is 5.75 Å². The van der Waals surface area contributed by atoms with Crippen molar-refractivity contribution in [2.45, 2.75) is 71.1 Å². The van der Waals surface area contributed by atoms with Gasteiger partial charge in [0.15, 0.2) is 0 Å². The summed E-state index contributed by atoms with van der Waals surface area (Å²) in [6.07, 6.45) is 11.8. The van der Waals surface area contributed by atoms with Gasteiger partial charge in [0.2, 0.25) is 0 Å². The van der Waals surface area contributed by atoms with Crippen LogP contribution in [-0.4, -0.2) is 14.2 Å². The molecule has 0 bridgehead atoms. The smallest absolute Gasteiger partial charge is 0.309 e. The van der Waals surface area contributed by atoms with Gasteiger partial charge in [-0.2, -0.15) is 8.42 Å². The molecule has 0 N–H and O–H groups in total. The number of benzene rings is 2. The van der Waals surface area contributed by atoms with E-state index in [4.69, 9.17) is 4.18 Å². The van der Waals surface area contributed by atoms with Gasteiger partial charge in [0.05, 0.1) is 5.75 Å². The third-order valence-electron chi connectivity index (χ3n) is 4.93. The molecular weight excluding hydrogens is 368 g/mol. The molecule has 0 amide bonds. The van der Waals surface area contributed by atoms with Gasteiger partial charge in [-0.3, -0.25) is 0 Å². The van der Waals surface area contributed by atoms with Crippen molar-refractivity contribution in [1.82, 2.24) is 0 Å². The molecule has 0 aliphatic rings. The third-order valence-corrected chi connectivity index (χ3v) is 6.17. The van der Waals surface area contributed by atoms with Gasteiger partial charge >= 0.3 is 10.1 Å². The largest absolute Gasteiger partial charge is 0.382 e. The fraction of sp³-hybridized carbons (Fsp3) is 0.500. The summed E-state index contributed by atoms with van der Waals surface area (Å²) in [5.74, 6) is 0.468. The minimum Gasteiger partial charge on any atom is -0.382 e. The highest BCUT2D eigenvalue weighted by atomic mass is 32.2. The Hall–Kier alpha value is -1.81. The zero-order chi connectivity index (χ0) is 20.1. The van der Waals surface area contributed by atoms with Crippen molar-refractivity contribution in [3.05, 3.63) is 54.6 Å². The van der Waals surface area contributed by atoms with Crippen molar-refractivity contribution in [2.24, 2.45) is 0 Å². The fourth-order valence-corrected chi connectivity index (χ4v) is 4.33. The van der Waals surface area contributed by atoms with E-state index in [0.29, 0.717) is 12.2 Å². The Morgan fingerprint density at radius 2 is 1.14 bits per heavy atom. The quantitative estimate of drug-likeness (QED) is 0.253. The topological polar surface area (TPSA) is 43.4 Å². The van der Waals surface area contributed by atoms with Crippen LogP contribution in [0, 0.1) is 0 Å². The van der Waals surface area contributed by atoms with Gasteiger partial charge in [-0.1, -0.05) is 107 Å². The maximum absolute atomic E-state index is 12.2. The van der Waals surface area contributed by atoms with Gasteiger partial charge < -0.3 is 4.18 Å². The molecule has 3 nitrogen and oxygen atoms in total. The average Bonchev–Trinajstić information content (AvgIpc) is 2.70. The van der Waals surface area contributed by atoms with E-state index in [1.807, 2.05) is 42.5 Å². The lowest BCUT2D eigenvalue weighted by Crippen LogP contribution is -2.13. The first kappa shape index (κ1) is 22.5. The van der Waals surface area contributed by atoms with Crippen molar-refractivity contribution in [3.8, 4) is 16.9 Å². The van der Waals surface area contributed by atoms with Gasteiger partial charge in [-0.05, 0) is 29.7 Å². The molecule has 2 rings (SSSR count). The number of rotatable bonds is 14. The average molecular weight is 403 g/mol. The molecular formula is C24H34O3S. The molecule has 0 fully saturated rings. The van der Waals surface area contributed by atoms with Crippen LogP contribution < -0.4 is 4.18 Å². The lowest BCUT2D eigenvalue weighted by Gasteiger charge is -2.08. The molecule has 0 spiro atoms. The van der Waals surface area contributed by atoms with Crippen molar-refractivity contribution >= 4 is 10.1 Å². The number of hydrogen-bond acceptors (Lipinski definition) is 3. The lowest BCUT2D eigenvalue weighted by atomic mass is 10.1. The molecule has 2 aromatic carbocycles. The summed E-state index contributed by atoms with van der Waals surface area (Å²) in [5.41, 5.74) is 2.14. The van der Waals surface area contributed by atoms with Gasteiger partial charge in [0, 0.05) is 0 Å². The Morgan fingerprint density at radius 3 is 1.71 bits per heavy atom. The van der Waals surface area contributed by atoms with Gasteiger partial charge in [-0.25, -0.2) is 0 Å². The predicted molar refractivity (Wildman–Crippen MR) is 118 cm³/mol. The standard InChI is InChI=1S/C24H34O3S/c1-2-3-4-5-6-7-8-9-10-14-21-28(25,26)27-24-19-17-23(18-20-24)22-15-12-11-13-16-22/h11-13,15-20H,2-10,14,21H2,1H3. The Balaban J connectivity index is 1.64. The van der Waals surface area contributed by atoms with E-state index in [9.17, 15) is 8.42 Å². The second kappa shape index (κ2) is 12.6. The number of hydrogen-bond donors (Lipinski definition) is 0. The highest BCUT2D eigenvalue weighted by Gasteiger charge is 2.12. The van der Waals surface area contributed by atoms with Crippen LogP contribution in [0.5, 0.6) is 5.75 Å². The maximum atomic E-state index is 12.2. The molecule has 0 unspecified atom stereocenters. The Kier molecular flexibility index (Phi) is 10.1. The van der Waals surface area contributed by atoms with Crippen LogP contribution >= 0.6 is 0 Å². The van der Waals surface area contributed by atoms with Crippen LogP contribution in [0.25, 0.3) is 11.1 Å². The maximum Gasteiger partial charge on any atom is 0.309 e. The molecule has 0 aromatic heterocycles. The minimum atomic E-state index is -3.52. The molecule has 0 aliphatic heterocycles. The molecule has 28 heavy (non-hydrogen) atoms. The van der Waals surface area contributed by atoms with Crippen molar-refractivity contribution in [2.75, 3.05) is 5.75 Å². The second-order valence-electron chi connectivity index (χ2n) is 7.42. The SMILES string of the molecule is CCCCCCCCCCCCS(=O)(=O)Oc1ccc(-c2ccccc2)cc1. The number of unbranched alkanes of at least 4 members (excludes halogenated alkanes) is 9. The highest BCUT2D eigenvalue weighted by molar-refractivity contribution is 7.87. The first-order valence-corrected chi connectivity index (χ1v) is 12.3. The van der Waals surface area contributed by atoms with Crippen molar-refractivity contribution < 1.29 is 12.6 Å². The summed E-state index contributed by atoms with van der Waals surface area (Å²) in [7, 11) is -3.52. The summed E-state index contributed by atoms with van der Waals surface area (Å²) in [5, 5.41) is 0. The monoisotopic (exact) mass is 402 g/mol. The second-order valence-corrected chi connectivity index (χ2v) is 9.11. The van der Waals surface area contributed by atoms with Crippen LogP contribution in [0.2, 0.25) is 0 Å². The van der Waals surface area contributed by atoms with E-state index in [2.05, 4.69) is 6.92 Å². The van der Waals surface area contributed by atoms with E-state index < -0.39 is 10.1 Å². The first-order valence-electron chi connectivity index (χ1n) is 10.7. The van der Waals surface area contributed by atoms with E-state index in [0.717, 1.165) is 24.0 Å². The van der Waals surface area contributed by atoms with Gasteiger partial charge in [-0.15, -0.1) is 0 Å². The highest BCUT2D eigenvalue weighted by Crippen LogP contribution is 2.23. The van der Waals surface area contributed by atoms with E-state index in [-0.39, 0.29) is 5.75 Å². The molecule has 0 aliphatic carbocycles. The molecule has 4 heteroatoms. The van der Waals surface area contributed by atoms with Gasteiger partial charge in [0.25, 0.3) is 0 Å². The summed E-state index contributed by atoms with van der Waals surface area (Å²) in [6.45, 7) is 2.23. The summed E-state index contributed by atoms with van der Waals surface area (Å²) < 4.78 is 29.6. The van der Waals surface area contributed by atoms with Crippen LogP contribution in [-0.2, 0) is 10.1 Å². The Morgan fingerprint density at radius 1 is 0.643 bits per heavy atom. The van der Waals surface area contributed by atoms with Crippen molar-refractivity contribution in [3.63, 3.8) is 0 Å². The molecule has 0 saturated carbocycles. The van der Waals surface area contributed by atoms with Crippen molar-refractivity contribution in [1.29, 1.82) is 0 Å². The summed E-state index contributed by atoms with van der Waals surface area (Å²) in [4.78, 5) is 0. The summed E-state index contributed by atoms with van der Waals surface area (Å²) >= 11 is 0. The van der Waals surface area contributed by atoms with Crippen LogP contribution in [0.4, 0.5) is 0 Å². The molecule has 0 saturated heterocycles. The molecule has 0 atom stereocenters. The third kappa shape index (κ3) is 8.92. The molecule has 2 aromatic rings. The lowest BCUT2D eigenvalue weighted by molar-refractivity contribution is 0.481. The minimum absolute atomic E-state index is 0.0872.